The quantitative estimate of drug-likeness (QED) is 0.763. The van der Waals surface area contributed by atoms with Crippen LogP contribution < -0.4 is 10.6 Å². The molecular formula is C16H21N3O3S. The molecule has 2 atom stereocenters. The minimum absolute atomic E-state index is 0.0120. The lowest BCUT2D eigenvalue weighted by molar-refractivity contribution is -0.143. The number of rotatable bonds is 5. The lowest BCUT2D eigenvalue weighted by Crippen LogP contribution is -2.30. The van der Waals surface area contributed by atoms with Gasteiger partial charge in [0.15, 0.2) is 0 Å². The predicted molar refractivity (Wildman–Crippen MR) is 88.4 cm³/mol. The van der Waals surface area contributed by atoms with E-state index >= 15 is 0 Å². The fraction of sp³-hybridized carbons (Fsp3) is 0.562. The highest BCUT2D eigenvalue weighted by Crippen LogP contribution is 2.30. The SMILES string of the molecule is O=C1CSc2ccc(CNC[C@@H]3CCC[C@H](C(=O)O)C3)nc2N1. The average Bonchev–Trinajstić information content (AvgIpc) is 2.54. The molecule has 6 nitrogen and oxygen atoms in total. The van der Waals surface area contributed by atoms with Crippen molar-refractivity contribution in [1.29, 1.82) is 0 Å². The first kappa shape index (κ1) is 16.3. The summed E-state index contributed by atoms with van der Waals surface area (Å²) in [5.41, 5.74) is 0.886. The molecule has 0 aromatic carbocycles. The van der Waals surface area contributed by atoms with Crippen LogP contribution >= 0.6 is 11.8 Å². The molecule has 3 N–H and O–H groups in total. The summed E-state index contributed by atoms with van der Waals surface area (Å²) in [6.07, 6.45) is 3.63. The fourth-order valence-corrected chi connectivity index (χ4v) is 3.96. The van der Waals surface area contributed by atoms with E-state index in [4.69, 9.17) is 5.11 Å². The molecule has 0 bridgehead atoms. The number of hydrogen-bond donors (Lipinski definition) is 3. The molecule has 3 rings (SSSR count). The molecule has 124 valence electrons. The van der Waals surface area contributed by atoms with E-state index < -0.39 is 5.97 Å². The lowest BCUT2D eigenvalue weighted by Gasteiger charge is -2.26. The van der Waals surface area contributed by atoms with Gasteiger partial charge < -0.3 is 15.7 Å². The maximum absolute atomic E-state index is 11.4. The summed E-state index contributed by atoms with van der Waals surface area (Å²) in [4.78, 5) is 28.0. The number of aliphatic carboxylic acids is 1. The molecule has 1 aliphatic carbocycles. The second-order valence-electron chi connectivity index (χ2n) is 6.18. The largest absolute Gasteiger partial charge is 0.481 e. The fourth-order valence-electron chi connectivity index (χ4n) is 3.21. The van der Waals surface area contributed by atoms with Crippen LogP contribution in [0.15, 0.2) is 17.0 Å². The summed E-state index contributed by atoms with van der Waals surface area (Å²) in [5, 5.41) is 15.3. The van der Waals surface area contributed by atoms with Crippen LogP contribution in [-0.2, 0) is 16.1 Å². The van der Waals surface area contributed by atoms with Gasteiger partial charge in [-0.2, -0.15) is 0 Å². The zero-order chi connectivity index (χ0) is 16.2. The third kappa shape index (κ3) is 4.23. The second-order valence-corrected chi connectivity index (χ2v) is 7.20. The summed E-state index contributed by atoms with van der Waals surface area (Å²) in [6.45, 7) is 1.44. The van der Waals surface area contributed by atoms with Gasteiger partial charge in [0.1, 0.15) is 5.82 Å². The van der Waals surface area contributed by atoms with Gasteiger partial charge in [0.2, 0.25) is 5.91 Å². The Morgan fingerprint density at radius 3 is 3.13 bits per heavy atom. The molecule has 1 saturated carbocycles. The number of nitrogens with zero attached hydrogens (tertiary/aromatic N) is 1. The molecule has 0 radical (unpaired) electrons. The summed E-state index contributed by atoms with van der Waals surface area (Å²) < 4.78 is 0. The number of anilines is 1. The predicted octanol–water partition coefficient (Wildman–Crippen LogP) is 2.11. The molecular weight excluding hydrogens is 314 g/mol. The first-order valence-electron chi connectivity index (χ1n) is 7.98. The van der Waals surface area contributed by atoms with E-state index in [2.05, 4.69) is 15.6 Å². The van der Waals surface area contributed by atoms with Crippen LogP contribution in [0.1, 0.15) is 31.4 Å². The molecule has 1 aliphatic heterocycles. The minimum atomic E-state index is -0.667. The number of amides is 1. The number of hydrogen-bond acceptors (Lipinski definition) is 5. The van der Waals surface area contributed by atoms with Crippen molar-refractivity contribution in [3.8, 4) is 0 Å². The standard InChI is InChI=1S/C16H21N3O3S/c20-14-9-23-13-5-4-12(18-15(13)19-14)8-17-7-10-2-1-3-11(6-10)16(21)22/h4-5,10-11,17H,1-3,6-9H2,(H,21,22)(H,18,19,20)/t10-,11+/m1/s1. The molecule has 7 heteroatoms. The zero-order valence-corrected chi connectivity index (χ0v) is 13.7. The van der Waals surface area contributed by atoms with Crippen LogP contribution in [0.25, 0.3) is 0 Å². The van der Waals surface area contributed by atoms with Gasteiger partial charge in [0.25, 0.3) is 0 Å². The number of carboxylic acid groups (broad SMARTS) is 1. The summed E-state index contributed by atoms with van der Waals surface area (Å²) in [5.74, 6) is 0.636. The number of thioether (sulfide) groups is 1. The smallest absolute Gasteiger partial charge is 0.306 e. The third-order valence-corrected chi connectivity index (χ3v) is 5.45. The number of carbonyl (C=O) groups is 2. The zero-order valence-electron chi connectivity index (χ0n) is 12.9. The topological polar surface area (TPSA) is 91.3 Å². The Kier molecular flexibility index (Phi) is 5.17. The van der Waals surface area contributed by atoms with E-state index in [9.17, 15) is 9.59 Å². The average molecular weight is 335 g/mol. The number of aromatic nitrogens is 1. The van der Waals surface area contributed by atoms with Crippen LogP contribution in [-0.4, -0.2) is 34.3 Å². The monoisotopic (exact) mass is 335 g/mol. The Hall–Kier alpha value is -1.60. The van der Waals surface area contributed by atoms with Gasteiger partial charge in [0.05, 0.1) is 22.3 Å². The summed E-state index contributed by atoms with van der Waals surface area (Å²) in [6, 6.07) is 3.96. The van der Waals surface area contributed by atoms with Gasteiger partial charge in [-0.3, -0.25) is 9.59 Å². The van der Waals surface area contributed by atoms with Crippen LogP contribution in [0.4, 0.5) is 5.82 Å². The van der Waals surface area contributed by atoms with Crippen LogP contribution in [0, 0.1) is 11.8 Å². The summed E-state index contributed by atoms with van der Waals surface area (Å²) in [7, 11) is 0. The van der Waals surface area contributed by atoms with E-state index in [1.807, 2.05) is 12.1 Å². The molecule has 23 heavy (non-hydrogen) atoms. The van der Waals surface area contributed by atoms with Gasteiger partial charge in [-0.05, 0) is 43.9 Å². The molecule has 2 heterocycles. The molecule has 0 spiro atoms. The van der Waals surface area contributed by atoms with Crippen molar-refractivity contribution in [1.82, 2.24) is 10.3 Å². The first-order valence-corrected chi connectivity index (χ1v) is 8.96. The Bertz CT molecular complexity index is 608. The van der Waals surface area contributed by atoms with Crippen molar-refractivity contribution in [3.63, 3.8) is 0 Å². The number of carboxylic acids is 1. The van der Waals surface area contributed by atoms with Crippen molar-refractivity contribution in [2.24, 2.45) is 11.8 Å². The molecule has 1 aromatic rings. The van der Waals surface area contributed by atoms with Crippen molar-refractivity contribution in [2.45, 2.75) is 37.1 Å². The third-order valence-electron chi connectivity index (χ3n) is 4.40. The Labute approximate surface area is 139 Å². The number of fused-ring (bicyclic) bond motifs is 1. The maximum Gasteiger partial charge on any atom is 0.306 e. The van der Waals surface area contributed by atoms with E-state index in [1.165, 1.54) is 11.8 Å². The van der Waals surface area contributed by atoms with Crippen molar-refractivity contribution in [2.75, 3.05) is 17.6 Å². The Balaban J connectivity index is 1.50. The summed E-state index contributed by atoms with van der Waals surface area (Å²) >= 11 is 1.50. The van der Waals surface area contributed by atoms with E-state index in [0.717, 1.165) is 42.8 Å². The molecule has 1 fully saturated rings. The lowest BCUT2D eigenvalue weighted by atomic mass is 9.81. The highest BCUT2D eigenvalue weighted by molar-refractivity contribution is 8.00. The van der Waals surface area contributed by atoms with E-state index in [-0.39, 0.29) is 11.8 Å². The van der Waals surface area contributed by atoms with Crippen molar-refractivity contribution < 1.29 is 14.7 Å². The van der Waals surface area contributed by atoms with Gasteiger partial charge in [-0.1, -0.05) is 6.42 Å². The minimum Gasteiger partial charge on any atom is -0.481 e. The highest BCUT2D eigenvalue weighted by Gasteiger charge is 2.26. The first-order chi connectivity index (χ1) is 11.1. The van der Waals surface area contributed by atoms with Gasteiger partial charge in [-0.15, -0.1) is 11.8 Å². The highest BCUT2D eigenvalue weighted by atomic mass is 32.2. The van der Waals surface area contributed by atoms with E-state index in [1.54, 1.807) is 0 Å². The number of carbonyl (C=O) groups excluding carboxylic acids is 1. The molecule has 1 amide bonds. The van der Waals surface area contributed by atoms with Crippen LogP contribution in [0.5, 0.6) is 0 Å². The second kappa shape index (κ2) is 7.31. The Morgan fingerprint density at radius 1 is 1.43 bits per heavy atom. The molecule has 0 saturated heterocycles. The van der Waals surface area contributed by atoms with E-state index in [0.29, 0.717) is 24.0 Å². The van der Waals surface area contributed by atoms with Crippen LogP contribution in [0.2, 0.25) is 0 Å². The molecule has 2 aliphatic rings. The Morgan fingerprint density at radius 2 is 2.30 bits per heavy atom. The van der Waals surface area contributed by atoms with Gasteiger partial charge >= 0.3 is 5.97 Å². The van der Waals surface area contributed by atoms with Crippen molar-refractivity contribution >= 4 is 29.5 Å². The van der Waals surface area contributed by atoms with Gasteiger partial charge in [-0.25, -0.2) is 4.98 Å². The molecule has 0 unspecified atom stereocenters. The maximum atomic E-state index is 11.4. The van der Waals surface area contributed by atoms with Crippen LogP contribution in [0.3, 0.4) is 0 Å². The molecule has 1 aromatic heterocycles. The number of pyridine rings is 1. The van der Waals surface area contributed by atoms with Gasteiger partial charge in [0, 0.05) is 6.54 Å². The number of nitrogens with one attached hydrogen (secondary N) is 2. The van der Waals surface area contributed by atoms with Crippen molar-refractivity contribution in [3.05, 3.63) is 17.8 Å². The normalized spacial score (nSPS) is 23.9.